The molecule has 1 saturated heterocycles. The smallest absolute Gasteiger partial charge is 0.225 e. The predicted molar refractivity (Wildman–Crippen MR) is 86.4 cm³/mol. The number of fused-ring (bicyclic) bond motifs is 1. The third-order valence-electron chi connectivity index (χ3n) is 3.71. The summed E-state index contributed by atoms with van der Waals surface area (Å²) in [6.07, 6.45) is 0. The summed E-state index contributed by atoms with van der Waals surface area (Å²) >= 11 is 0. The highest BCUT2D eigenvalue weighted by molar-refractivity contribution is 5.89. The Bertz CT molecular complexity index is 606. The third-order valence-corrected chi connectivity index (χ3v) is 3.71. The Hall–Kier alpha value is -1.92. The summed E-state index contributed by atoms with van der Waals surface area (Å²) in [5, 5.41) is 6.48. The van der Waals surface area contributed by atoms with Crippen LogP contribution in [-0.2, 0) is 0 Å². The van der Waals surface area contributed by atoms with E-state index in [2.05, 4.69) is 43.7 Å². The van der Waals surface area contributed by atoms with Crippen LogP contribution in [-0.4, -0.2) is 59.6 Å². The molecule has 1 fully saturated rings. The molecule has 0 spiro atoms. The van der Waals surface area contributed by atoms with Gasteiger partial charge in [-0.05, 0) is 26.1 Å². The summed E-state index contributed by atoms with van der Waals surface area (Å²) in [4.78, 5) is 11.5. The lowest BCUT2D eigenvalue weighted by Gasteiger charge is -2.33. The fourth-order valence-electron chi connectivity index (χ4n) is 2.47. The van der Waals surface area contributed by atoms with Crippen molar-refractivity contribution < 1.29 is 0 Å². The molecule has 0 atom stereocenters. The standard InChI is InChI=1S/C15H22N6/c1-3-16-15-17-13-7-5-4-6-12(13)14(18-15)19-21-10-8-20(2)9-11-21/h4-7H,3,8-11H2,1-2H3,(H2,16,17,18,19). The van der Waals surface area contributed by atoms with E-state index < -0.39 is 0 Å². The Balaban J connectivity index is 1.88. The molecule has 1 aromatic heterocycles. The van der Waals surface area contributed by atoms with Crippen LogP contribution in [0.25, 0.3) is 10.9 Å². The van der Waals surface area contributed by atoms with Crippen molar-refractivity contribution >= 4 is 22.7 Å². The van der Waals surface area contributed by atoms with Gasteiger partial charge in [-0.1, -0.05) is 12.1 Å². The van der Waals surface area contributed by atoms with Gasteiger partial charge in [0.05, 0.1) is 5.52 Å². The van der Waals surface area contributed by atoms with E-state index in [4.69, 9.17) is 0 Å². The van der Waals surface area contributed by atoms with E-state index in [1.54, 1.807) is 0 Å². The van der Waals surface area contributed by atoms with Gasteiger partial charge in [0.1, 0.15) is 0 Å². The van der Waals surface area contributed by atoms with Crippen molar-refractivity contribution in [2.45, 2.75) is 6.92 Å². The van der Waals surface area contributed by atoms with Gasteiger partial charge < -0.3 is 15.6 Å². The number of para-hydroxylation sites is 1. The van der Waals surface area contributed by atoms with Gasteiger partial charge in [-0.2, -0.15) is 4.98 Å². The molecule has 0 aliphatic carbocycles. The predicted octanol–water partition coefficient (Wildman–Crippen LogP) is 1.64. The van der Waals surface area contributed by atoms with Crippen molar-refractivity contribution in [1.82, 2.24) is 19.9 Å². The van der Waals surface area contributed by atoms with Gasteiger partial charge in [-0.3, -0.25) is 0 Å². The Morgan fingerprint density at radius 3 is 2.62 bits per heavy atom. The van der Waals surface area contributed by atoms with Gasteiger partial charge in [-0.15, -0.1) is 0 Å². The number of nitrogens with zero attached hydrogens (tertiary/aromatic N) is 4. The minimum absolute atomic E-state index is 0.674. The lowest BCUT2D eigenvalue weighted by Crippen LogP contribution is -2.47. The van der Waals surface area contributed by atoms with Crippen molar-refractivity contribution in [2.75, 3.05) is 50.5 Å². The first kappa shape index (κ1) is 14.0. The van der Waals surface area contributed by atoms with Crippen LogP contribution in [0.3, 0.4) is 0 Å². The van der Waals surface area contributed by atoms with E-state index in [0.717, 1.165) is 49.4 Å². The molecule has 2 aromatic rings. The minimum atomic E-state index is 0.674. The average molecular weight is 286 g/mol. The Labute approximate surface area is 125 Å². The van der Waals surface area contributed by atoms with Crippen LogP contribution in [0.15, 0.2) is 24.3 Å². The molecule has 6 heteroatoms. The van der Waals surface area contributed by atoms with Crippen molar-refractivity contribution in [2.24, 2.45) is 0 Å². The van der Waals surface area contributed by atoms with Gasteiger partial charge in [0, 0.05) is 38.1 Å². The third kappa shape index (κ3) is 3.22. The fraction of sp³-hybridized carbons (Fsp3) is 0.467. The molecule has 6 nitrogen and oxygen atoms in total. The zero-order valence-corrected chi connectivity index (χ0v) is 12.6. The van der Waals surface area contributed by atoms with Gasteiger partial charge in [0.2, 0.25) is 5.95 Å². The number of nitrogens with one attached hydrogen (secondary N) is 2. The minimum Gasteiger partial charge on any atom is -0.354 e. The molecule has 3 rings (SSSR count). The normalized spacial score (nSPS) is 17.0. The van der Waals surface area contributed by atoms with Crippen LogP contribution in [0, 0.1) is 0 Å². The summed E-state index contributed by atoms with van der Waals surface area (Å²) in [5.74, 6) is 1.55. The summed E-state index contributed by atoms with van der Waals surface area (Å²) in [5.41, 5.74) is 4.42. The maximum Gasteiger partial charge on any atom is 0.225 e. The van der Waals surface area contributed by atoms with Crippen molar-refractivity contribution in [1.29, 1.82) is 0 Å². The zero-order chi connectivity index (χ0) is 14.7. The van der Waals surface area contributed by atoms with E-state index in [-0.39, 0.29) is 0 Å². The molecule has 2 N–H and O–H groups in total. The van der Waals surface area contributed by atoms with Crippen molar-refractivity contribution in [3.05, 3.63) is 24.3 Å². The molecule has 0 bridgehead atoms. The van der Waals surface area contributed by atoms with E-state index in [1.165, 1.54) is 0 Å². The number of hydrazine groups is 1. The maximum absolute atomic E-state index is 4.62. The maximum atomic E-state index is 4.62. The highest BCUT2D eigenvalue weighted by Gasteiger charge is 2.15. The molecule has 21 heavy (non-hydrogen) atoms. The van der Waals surface area contributed by atoms with E-state index in [0.29, 0.717) is 5.95 Å². The molecule has 1 aromatic carbocycles. The van der Waals surface area contributed by atoms with Crippen molar-refractivity contribution in [3.8, 4) is 0 Å². The van der Waals surface area contributed by atoms with Crippen LogP contribution in [0.5, 0.6) is 0 Å². The second-order valence-corrected chi connectivity index (χ2v) is 5.35. The number of anilines is 2. The van der Waals surface area contributed by atoms with Crippen LogP contribution in [0.2, 0.25) is 0 Å². The second kappa shape index (κ2) is 6.24. The zero-order valence-electron chi connectivity index (χ0n) is 12.6. The highest BCUT2D eigenvalue weighted by atomic mass is 15.5. The van der Waals surface area contributed by atoms with E-state index in [9.17, 15) is 0 Å². The number of piperazine rings is 1. The summed E-state index contributed by atoms with van der Waals surface area (Å²) in [6, 6.07) is 8.11. The molecule has 1 aliphatic heterocycles. The fourth-order valence-corrected chi connectivity index (χ4v) is 2.47. The molecule has 2 heterocycles. The molecule has 0 unspecified atom stereocenters. The molecule has 0 amide bonds. The number of benzene rings is 1. The van der Waals surface area contributed by atoms with Crippen LogP contribution in [0.1, 0.15) is 6.92 Å². The highest BCUT2D eigenvalue weighted by Crippen LogP contribution is 2.22. The SMILES string of the molecule is CCNc1nc(NN2CCN(C)CC2)c2ccccc2n1. The second-order valence-electron chi connectivity index (χ2n) is 5.35. The Morgan fingerprint density at radius 2 is 1.86 bits per heavy atom. The monoisotopic (exact) mass is 286 g/mol. The molecular weight excluding hydrogens is 264 g/mol. The quantitative estimate of drug-likeness (QED) is 0.891. The first-order chi connectivity index (χ1) is 10.3. The van der Waals surface area contributed by atoms with Gasteiger partial charge >= 0.3 is 0 Å². The lowest BCUT2D eigenvalue weighted by molar-refractivity contribution is 0.178. The van der Waals surface area contributed by atoms with E-state index in [1.807, 2.05) is 25.1 Å². The first-order valence-corrected chi connectivity index (χ1v) is 7.47. The number of rotatable bonds is 4. The first-order valence-electron chi connectivity index (χ1n) is 7.47. The van der Waals surface area contributed by atoms with Crippen LogP contribution < -0.4 is 10.7 Å². The average Bonchev–Trinajstić information content (AvgIpc) is 2.50. The largest absolute Gasteiger partial charge is 0.354 e. The number of hydrogen-bond donors (Lipinski definition) is 2. The Kier molecular flexibility index (Phi) is 4.17. The van der Waals surface area contributed by atoms with Crippen LogP contribution >= 0.6 is 0 Å². The number of likely N-dealkylation sites (N-methyl/N-ethyl adjacent to an activating group) is 1. The molecule has 112 valence electrons. The van der Waals surface area contributed by atoms with Gasteiger partial charge in [0.25, 0.3) is 0 Å². The molecule has 0 radical (unpaired) electrons. The molecule has 1 aliphatic rings. The Morgan fingerprint density at radius 1 is 1.10 bits per heavy atom. The summed E-state index contributed by atoms with van der Waals surface area (Å²) in [7, 11) is 2.15. The summed E-state index contributed by atoms with van der Waals surface area (Å²) in [6.45, 7) is 6.97. The molecule has 0 saturated carbocycles. The van der Waals surface area contributed by atoms with E-state index >= 15 is 0 Å². The topological polar surface area (TPSA) is 56.3 Å². The number of aromatic nitrogens is 2. The summed E-state index contributed by atoms with van der Waals surface area (Å²) < 4.78 is 0. The number of hydrogen-bond acceptors (Lipinski definition) is 6. The van der Waals surface area contributed by atoms with Gasteiger partial charge in [0.15, 0.2) is 5.82 Å². The van der Waals surface area contributed by atoms with Crippen LogP contribution in [0.4, 0.5) is 11.8 Å². The molecular formula is C15H22N6. The lowest BCUT2D eigenvalue weighted by atomic mass is 10.2. The van der Waals surface area contributed by atoms with Crippen molar-refractivity contribution in [3.63, 3.8) is 0 Å². The van der Waals surface area contributed by atoms with Gasteiger partial charge in [-0.25, -0.2) is 9.99 Å².